The summed E-state index contributed by atoms with van der Waals surface area (Å²) in [6.45, 7) is 3.76. The maximum Gasteiger partial charge on any atom is 0.466 e. The molecule has 1 aliphatic carbocycles. The number of hydrogen-bond acceptors (Lipinski definition) is 9. The minimum Gasteiger partial charge on any atom is -0.412 e. The molecule has 0 aromatic carbocycles. The van der Waals surface area contributed by atoms with Crippen LogP contribution < -0.4 is 11.3 Å². The number of phosphoric acid groups is 3. The van der Waals surface area contributed by atoms with Crippen molar-refractivity contribution in [2.24, 2.45) is 5.92 Å². The second-order valence-corrected chi connectivity index (χ2v) is 9.58. The van der Waals surface area contributed by atoms with Gasteiger partial charge >= 0.3 is 23.5 Å². The number of nitrogens with two attached hydrogens (primary N) is 1. The van der Waals surface area contributed by atoms with Gasteiger partial charge in [-0.25, -0.2) is 18.7 Å². The van der Waals surface area contributed by atoms with Crippen LogP contribution in [0.5, 0.6) is 0 Å². The number of anilines is 1. The number of fused-ring (bicyclic) bond motifs is 1. The molecule has 36 heavy (non-hydrogen) atoms. The number of hydrogen-bond donors (Lipinski definition) is 13. The second-order valence-electron chi connectivity index (χ2n) is 6.50. The molecule has 0 amide bonds. The third-order valence-corrected chi connectivity index (χ3v) is 3.82. The van der Waals surface area contributed by atoms with Crippen LogP contribution >= 0.6 is 23.5 Å². The van der Waals surface area contributed by atoms with Crippen molar-refractivity contribution in [3.63, 3.8) is 0 Å². The van der Waals surface area contributed by atoms with Crippen LogP contribution in [0, 0.1) is 5.92 Å². The van der Waals surface area contributed by atoms with Gasteiger partial charge in [0.25, 0.3) is 5.56 Å². The Hall–Kier alpha value is -1.90. The van der Waals surface area contributed by atoms with Gasteiger partial charge in [-0.05, 0) is 12.0 Å². The van der Waals surface area contributed by atoms with Gasteiger partial charge in [0.2, 0.25) is 5.95 Å². The van der Waals surface area contributed by atoms with Gasteiger partial charge in [-0.2, -0.15) is 4.98 Å². The number of nitrogen functional groups attached to an aromatic ring is 1. The lowest BCUT2D eigenvalue weighted by atomic mass is 10.0. The van der Waals surface area contributed by atoms with Gasteiger partial charge in [-0.15, -0.1) is 0 Å². The maximum absolute atomic E-state index is 11.7. The van der Waals surface area contributed by atoms with Crippen molar-refractivity contribution in [1.82, 2.24) is 19.5 Å². The molecule has 1 saturated carbocycles. The highest BCUT2D eigenvalue weighted by atomic mass is 31.2. The molecule has 0 bridgehead atoms. The summed E-state index contributed by atoms with van der Waals surface area (Å²) >= 11 is 0. The van der Waals surface area contributed by atoms with E-state index in [1.807, 2.05) is 0 Å². The Balaban J connectivity index is 0. The highest BCUT2D eigenvalue weighted by Crippen LogP contribution is 2.39. The van der Waals surface area contributed by atoms with Crippen molar-refractivity contribution < 1.29 is 73.4 Å². The largest absolute Gasteiger partial charge is 0.466 e. The fraction of sp³-hybridized carbons (Fsp3) is 0.417. The SMILES string of the molecule is C=C1[C@H](CO)[C@@H](O)C[C@@H]1n1cnc2c(=O)[nH]c(N)nc21.O.O=P(O)(O)O.O=P(O)(O)O.O=P(O)(O)O. The summed E-state index contributed by atoms with van der Waals surface area (Å²) in [5.74, 6) is -0.371. The lowest BCUT2D eigenvalue weighted by molar-refractivity contribution is 0.101. The molecule has 24 heteroatoms. The van der Waals surface area contributed by atoms with E-state index in [4.69, 9.17) is 63.5 Å². The lowest BCUT2D eigenvalue weighted by Gasteiger charge is -2.15. The molecule has 16 N–H and O–H groups in total. The fourth-order valence-electron chi connectivity index (χ4n) is 2.74. The quantitative estimate of drug-likeness (QED) is 0.116. The lowest BCUT2D eigenvalue weighted by Crippen LogP contribution is -2.17. The Morgan fingerprint density at radius 2 is 1.44 bits per heavy atom. The van der Waals surface area contributed by atoms with E-state index in [0.29, 0.717) is 17.6 Å². The van der Waals surface area contributed by atoms with Crippen LogP contribution in [0.2, 0.25) is 0 Å². The highest BCUT2D eigenvalue weighted by molar-refractivity contribution is 7.45. The predicted molar refractivity (Wildman–Crippen MR) is 118 cm³/mol. The number of rotatable bonds is 2. The van der Waals surface area contributed by atoms with Crippen LogP contribution in [-0.2, 0) is 13.7 Å². The number of nitrogens with zero attached hydrogens (tertiary/aromatic N) is 3. The first-order valence-electron chi connectivity index (χ1n) is 8.57. The molecule has 0 unspecified atom stereocenters. The van der Waals surface area contributed by atoms with Gasteiger partial charge < -0.3 is 70.0 Å². The van der Waals surface area contributed by atoms with Crippen LogP contribution in [0.4, 0.5) is 5.95 Å². The Morgan fingerprint density at radius 1 is 1.03 bits per heavy atom. The zero-order valence-corrected chi connectivity index (χ0v) is 20.4. The van der Waals surface area contributed by atoms with Crippen LogP contribution in [0.25, 0.3) is 11.2 Å². The fourth-order valence-corrected chi connectivity index (χ4v) is 2.74. The molecule has 210 valence electrons. The van der Waals surface area contributed by atoms with E-state index in [0.717, 1.165) is 0 Å². The first-order chi connectivity index (χ1) is 15.5. The summed E-state index contributed by atoms with van der Waals surface area (Å²) in [7, 11) is -13.9. The highest BCUT2D eigenvalue weighted by Gasteiger charge is 2.37. The Bertz CT molecular complexity index is 1120. The smallest absolute Gasteiger partial charge is 0.412 e. The van der Waals surface area contributed by atoms with E-state index in [-0.39, 0.29) is 35.5 Å². The molecule has 0 radical (unpaired) electrons. The molecule has 21 nitrogen and oxygen atoms in total. The molecule has 1 aliphatic rings. The summed E-state index contributed by atoms with van der Waals surface area (Å²) in [6, 6.07) is -0.263. The maximum atomic E-state index is 11.7. The van der Waals surface area contributed by atoms with Gasteiger partial charge in [-0.3, -0.25) is 9.78 Å². The summed E-state index contributed by atoms with van der Waals surface area (Å²) in [5.41, 5.74) is 6.37. The van der Waals surface area contributed by atoms with Gasteiger partial charge in [0.05, 0.1) is 25.1 Å². The summed E-state index contributed by atoms with van der Waals surface area (Å²) < 4.78 is 28.3. The zero-order valence-electron chi connectivity index (χ0n) is 17.7. The van der Waals surface area contributed by atoms with Gasteiger partial charge in [0, 0.05) is 5.92 Å². The number of imidazole rings is 1. The van der Waals surface area contributed by atoms with Crippen molar-refractivity contribution in [2.45, 2.75) is 18.6 Å². The van der Waals surface area contributed by atoms with Crippen molar-refractivity contribution in [2.75, 3.05) is 12.3 Å². The normalized spacial score (nSPS) is 19.6. The number of aliphatic hydroxyl groups is 2. The average molecular weight is 589 g/mol. The number of aromatic amines is 1. The van der Waals surface area contributed by atoms with E-state index < -0.39 is 35.1 Å². The van der Waals surface area contributed by atoms with Gasteiger partial charge in [0.15, 0.2) is 11.2 Å². The average Bonchev–Trinajstić information content (AvgIpc) is 3.11. The Morgan fingerprint density at radius 3 is 1.81 bits per heavy atom. The number of aromatic nitrogens is 4. The molecular weight excluding hydrogens is 563 g/mol. The van der Waals surface area contributed by atoms with E-state index in [2.05, 4.69) is 21.5 Å². The molecular formula is C12H26N5O16P3. The van der Waals surface area contributed by atoms with Gasteiger partial charge in [-0.1, -0.05) is 6.58 Å². The number of nitrogens with one attached hydrogen (secondary N) is 1. The molecule has 2 aromatic rings. The van der Waals surface area contributed by atoms with E-state index in [9.17, 15) is 15.0 Å². The van der Waals surface area contributed by atoms with Crippen molar-refractivity contribution >= 4 is 40.6 Å². The summed E-state index contributed by atoms with van der Waals surface area (Å²) in [6.07, 6.45) is 1.20. The molecule has 2 aromatic heterocycles. The van der Waals surface area contributed by atoms with E-state index in [1.54, 1.807) is 4.57 Å². The topological polar surface area (TPSA) is 395 Å². The molecule has 3 atom stereocenters. The minimum atomic E-state index is -4.64. The summed E-state index contributed by atoms with van der Waals surface area (Å²) in [5, 5.41) is 19.2. The van der Waals surface area contributed by atoms with E-state index >= 15 is 0 Å². The van der Waals surface area contributed by atoms with Crippen LogP contribution in [0.15, 0.2) is 23.3 Å². The number of aliphatic hydroxyl groups excluding tert-OH is 2. The molecule has 1 fully saturated rings. The van der Waals surface area contributed by atoms with Crippen LogP contribution in [0.1, 0.15) is 12.5 Å². The Labute approximate surface area is 199 Å². The zero-order chi connectivity index (χ0) is 27.9. The minimum absolute atomic E-state index is 0. The molecule has 3 rings (SSSR count). The molecule has 0 saturated heterocycles. The first kappa shape index (κ1) is 36.3. The van der Waals surface area contributed by atoms with Crippen molar-refractivity contribution in [1.29, 1.82) is 0 Å². The predicted octanol–water partition coefficient (Wildman–Crippen LogP) is -4.44. The molecule has 0 aliphatic heterocycles. The third kappa shape index (κ3) is 15.3. The first-order valence-corrected chi connectivity index (χ1v) is 13.3. The third-order valence-electron chi connectivity index (χ3n) is 3.82. The van der Waals surface area contributed by atoms with Crippen molar-refractivity contribution in [3.8, 4) is 0 Å². The standard InChI is InChI=1S/C12H15N5O3.3H3O4P.H2O/c1-5-6(3-18)8(19)2-7(5)17-4-14-9-10(17)15-12(13)16-11(9)20;3*1-5(2,3)4;/h4,6-8,18-19H,1-3H2,(H3,13,15,16,20);3*(H3,1,2,3,4);1H2/t6-,7-,8-;;;;/m0..../s1. The number of H-pyrrole nitrogens is 1. The van der Waals surface area contributed by atoms with Crippen molar-refractivity contribution in [3.05, 3.63) is 28.8 Å². The monoisotopic (exact) mass is 589 g/mol. The van der Waals surface area contributed by atoms with Crippen LogP contribution in [-0.4, -0.2) is 92.0 Å². The van der Waals surface area contributed by atoms with E-state index in [1.165, 1.54) is 6.33 Å². The Kier molecular flexibility index (Phi) is 14.2. The molecule has 0 spiro atoms. The van der Waals surface area contributed by atoms with Crippen LogP contribution in [0.3, 0.4) is 0 Å². The second kappa shape index (κ2) is 14.1. The summed E-state index contributed by atoms with van der Waals surface area (Å²) in [4.78, 5) is 86.9. The van der Waals surface area contributed by atoms with Gasteiger partial charge in [0.1, 0.15) is 0 Å². The molecule has 2 heterocycles.